The Balaban J connectivity index is 1.83. The number of nitrogens with zero attached hydrogens (tertiary/aromatic N) is 1. The van der Waals surface area contributed by atoms with Crippen molar-refractivity contribution < 1.29 is 4.39 Å². The highest BCUT2D eigenvalue weighted by molar-refractivity contribution is 5.21. The molecule has 0 aromatic heterocycles. The van der Waals surface area contributed by atoms with Crippen LogP contribution in [0.3, 0.4) is 0 Å². The van der Waals surface area contributed by atoms with E-state index in [0.29, 0.717) is 0 Å². The molecule has 1 aliphatic rings. The lowest BCUT2D eigenvalue weighted by molar-refractivity contribution is 0.325. The highest BCUT2D eigenvalue weighted by Crippen LogP contribution is 2.19. The Kier molecular flexibility index (Phi) is 5.14. The van der Waals surface area contributed by atoms with E-state index in [1.54, 1.807) is 12.1 Å². The third-order valence-electron chi connectivity index (χ3n) is 3.71. The molecule has 1 unspecified atom stereocenters. The van der Waals surface area contributed by atoms with Crippen LogP contribution in [0.4, 0.5) is 4.39 Å². The quantitative estimate of drug-likeness (QED) is 0.835. The lowest BCUT2D eigenvalue weighted by atomic mass is 10.0. The minimum Gasteiger partial charge on any atom is -0.309 e. The molecule has 1 aromatic rings. The van der Waals surface area contributed by atoms with E-state index in [-0.39, 0.29) is 11.9 Å². The summed E-state index contributed by atoms with van der Waals surface area (Å²) in [7, 11) is 0. The van der Waals surface area contributed by atoms with Gasteiger partial charge in [0.05, 0.1) is 0 Å². The molecule has 100 valence electrons. The Morgan fingerprint density at radius 2 is 2.00 bits per heavy atom. The SMILES string of the molecule is CCC(NCCN1CCCC1)c1ccccc1F. The normalized spacial score (nSPS) is 18.1. The summed E-state index contributed by atoms with van der Waals surface area (Å²) in [5, 5.41) is 3.47. The van der Waals surface area contributed by atoms with Crippen LogP contribution in [-0.2, 0) is 0 Å². The van der Waals surface area contributed by atoms with Crippen LogP contribution < -0.4 is 5.32 Å². The first-order valence-electron chi connectivity index (χ1n) is 7.01. The number of likely N-dealkylation sites (tertiary alicyclic amines) is 1. The number of hydrogen-bond donors (Lipinski definition) is 1. The van der Waals surface area contributed by atoms with Gasteiger partial charge in [-0.2, -0.15) is 0 Å². The molecule has 1 saturated heterocycles. The minimum atomic E-state index is -0.0991. The molecule has 3 heteroatoms. The van der Waals surface area contributed by atoms with Crippen LogP contribution in [0.5, 0.6) is 0 Å². The van der Waals surface area contributed by atoms with E-state index < -0.39 is 0 Å². The lowest BCUT2D eigenvalue weighted by Crippen LogP contribution is -2.32. The summed E-state index contributed by atoms with van der Waals surface area (Å²) < 4.78 is 13.7. The molecule has 1 fully saturated rings. The van der Waals surface area contributed by atoms with Crippen molar-refractivity contribution in [2.45, 2.75) is 32.2 Å². The van der Waals surface area contributed by atoms with Gasteiger partial charge in [-0.25, -0.2) is 4.39 Å². The molecule has 0 radical (unpaired) electrons. The predicted molar refractivity (Wildman–Crippen MR) is 73.1 cm³/mol. The van der Waals surface area contributed by atoms with Gasteiger partial charge < -0.3 is 10.2 Å². The summed E-state index contributed by atoms with van der Waals surface area (Å²) in [6.45, 7) is 6.55. The van der Waals surface area contributed by atoms with E-state index in [1.165, 1.54) is 25.9 Å². The molecule has 0 bridgehead atoms. The first-order valence-corrected chi connectivity index (χ1v) is 7.01. The maximum absolute atomic E-state index is 13.7. The van der Waals surface area contributed by atoms with Crippen molar-refractivity contribution in [3.05, 3.63) is 35.6 Å². The molecule has 0 spiro atoms. The number of rotatable bonds is 6. The van der Waals surface area contributed by atoms with Crippen LogP contribution in [0.15, 0.2) is 24.3 Å². The third kappa shape index (κ3) is 3.53. The Morgan fingerprint density at radius 3 is 2.67 bits per heavy atom. The molecular formula is C15H23FN2. The van der Waals surface area contributed by atoms with E-state index in [4.69, 9.17) is 0 Å². The molecule has 1 heterocycles. The molecule has 0 amide bonds. The first-order chi connectivity index (χ1) is 8.81. The maximum atomic E-state index is 13.7. The van der Waals surface area contributed by atoms with Crippen LogP contribution in [-0.4, -0.2) is 31.1 Å². The summed E-state index contributed by atoms with van der Waals surface area (Å²) in [5.41, 5.74) is 0.793. The highest BCUT2D eigenvalue weighted by atomic mass is 19.1. The van der Waals surface area contributed by atoms with Crippen molar-refractivity contribution in [3.63, 3.8) is 0 Å². The van der Waals surface area contributed by atoms with E-state index in [2.05, 4.69) is 17.1 Å². The van der Waals surface area contributed by atoms with E-state index in [9.17, 15) is 4.39 Å². The molecule has 18 heavy (non-hydrogen) atoms. The topological polar surface area (TPSA) is 15.3 Å². The van der Waals surface area contributed by atoms with Gasteiger partial charge in [0.1, 0.15) is 5.82 Å². The zero-order valence-corrected chi connectivity index (χ0v) is 11.2. The monoisotopic (exact) mass is 250 g/mol. The standard InChI is InChI=1S/C15H23FN2/c1-2-15(13-7-3-4-8-14(13)16)17-9-12-18-10-5-6-11-18/h3-4,7-8,15,17H,2,5-6,9-12H2,1H3. The number of benzene rings is 1. The molecule has 0 saturated carbocycles. The van der Waals surface area contributed by atoms with Gasteiger partial charge in [0, 0.05) is 24.7 Å². The van der Waals surface area contributed by atoms with Gasteiger partial charge in [-0.1, -0.05) is 25.1 Å². The van der Waals surface area contributed by atoms with E-state index in [0.717, 1.165) is 25.1 Å². The van der Waals surface area contributed by atoms with Crippen molar-refractivity contribution in [2.24, 2.45) is 0 Å². The van der Waals surface area contributed by atoms with Crippen molar-refractivity contribution in [2.75, 3.05) is 26.2 Å². The largest absolute Gasteiger partial charge is 0.309 e. The zero-order chi connectivity index (χ0) is 12.8. The van der Waals surface area contributed by atoms with Crippen molar-refractivity contribution >= 4 is 0 Å². The lowest BCUT2D eigenvalue weighted by Gasteiger charge is -2.21. The Hall–Kier alpha value is -0.930. The van der Waals surface area contributed by atoms with Crippen molar-refractivity contribution in [3.8, 4) is 0 Å². The van der Waals surface area contributed by atoms with Crippen molar-refractivity contribution in [1.82, 2.24) is 10.2 Å². The van der Waals surface area contributed by atoms with Gasteiger partial charge in [-0.15, -0.1) is 0 Å². The number of hydrogen-bond acceptors (Lipinski definition) is 2. The van der Waals surface area contributed by atoms with Crippen LogP contribution in [0.2, 0.25) is 0 Å². The summed E-state index contributed by atoms with van der Waals surface area (Å²) in [5.74, 6) is -0.0991. The van der Waals surface area contributed by atoms with Gasteiger partial charge in [0.2, 0.25) is 0 Å². The van der Waals surface area contributed by atoms with Gasteiger partial charge >= 0.3 is 0 Å². The summed E-state index contributed by atoms with van der Waals surface area (Å²) in [6.07, 6.45) is 3.57. The van der Waals surface area contributed by atoms with E-state index >= 15 is 0 Å². The van der Waals surface area contributed by atoms with Gasteiger partial charge in [-0.3, -0.25) is 0 Å². The fraction of sp³-hybridized carbons (Fsp3) is 0.600. The second-order valence-electron chi connectivity index (χ2n) is 4.99. The minimum absolute atomic E-state index is 0.0991. The number of nitrogens with one attached hydrogen (secondary N) is 1. The Morgan fingerprint density at radius 1 is 1.28 bits per heavy atom. The van der Waals surface area contributed by atoms with Crippen LogP contribution in [0.1, 0.15) is 37.8 Å². The molecule has 2 nitrogen and oxygen atoms in total. The molecule has 1 N–H and O–H groups in total. The van der Waals surface area contributed by atoms with Crippen LogP contribution >= 0.6 is 0 Å². The summed E-state index contributed by atoms with van der Waals surface area (Å²) >= 11 is 0. The van der Waals surface area contributed by atoms with Gasteiger partial charge in [0.25, 0.3) is 0 Å². The fourth-order valence-electron chi connectivity index (χ4n) is 2.64. The van der Waals surface area contributed by atoms with Crippen LogP contribution in [0.25, 0.3) is 0 Å². The van der Waals surface area contributed by atoms with Gasteiger partial charge in [0.15, 0.2) is 0 Å². The zero-order valence-electron chi connectivity index (χ0n) is 11.2. The molecule has 1 aromatic carbocycles. The molecular weight excluding hydrogens is 227 g/mol. The average molecular weight is 250 g/mol. The van der Waals surface area contributed by atoms with Gasteiger partial charge in [-0.05, 0) is 38.4 Å². The molecule has 1 aliphatic heterocycles. The molecule has 1 atom stereocenters. The summed E-state index contributed by atoms with van der Waals surface area (Å²) in [4.78, 5) is 2.47. The van der Waals surface area contributed by atoms with Crippen molar-refractivity contribution in [1.29, 1.82) is 0 Å². The van der Waals surface area contributed by atoms with E-state index in [1.807, 2.05) is 12.1 Å². The number of halogens is 1. The maximum Gasteiger partial charge on any atom is 0.127 e. The Labute approximate surface area is 109 Å². The average Bonchev–Trinajstić information content (AvgIpc) is 2.89. The second kappa shape index (κ2) is 6.86. The predicted octanol–water partition coefficient (Wildman–Crippen LogP) is 2.96. The highest BCUT2D eigenvalue weighted by Gasteiger charge is 2.14. The summed E-state index contributed by atoms with van der Waals surface area (Å²) in [6, 6.07) is 7.21. The molecule has 0 aliphatic carbocycles. The fourth-order valence-corrected chi connectivity index (χ4v) is 2.64. The molecule has 2 rings (SSSR count). The van der Waals surface area contributed by atoms with Crippen LogP contribution in [0, 0.1) is 5.82 Å². The second-order valence-corrected chi connectivity index (χ2v) is 4.99. The smallest absolute Gasteiger partial charge is 0.127 e. The third-order valence-corrected chi connectivity index (χ3v) is 3.71. The first kappa shape index (κ1) is 13.5. The Bertz CT molecular complexity index is 361.